The number of nitrogens with zero attached hydrogens (tertiary/aromatic N) is 1. The zero-order valence-corrected chi connectivity index (χ0v) is 11.4. The second-order valence-corrected chi connectivity index (χ2v) is 6.27. The van der Waals surface area contributed by atoms with Crippen molar-refractivity contribution < 1.29 is 9.90 Å². The number of likely N-dealkylation sites (tertiary alicyclic amines) is 1. The topological polar surface area (TPSA) is 40.5 Å². The number of carbonyl (C=O) groups is 1. The van der Waals surface area contributed by atoms with Crippen LogP contribution in [-0.4, -0.2) is 35.1 Å². The van der Waals surface area contributed by atoms with Crippen LogP contribution in [0.5, 0.6) is 0 Å². The summed E-state index contributed by atoms with van der Waals surface area (Å²) in [6, 6.07) is 9.10. The van der Waals surface area contributed by atoms with Crippen LogP contribution in [0.4, 0.5) is 0 Å². The van der Waals surface area contributed by atoms with Crippen LogP contribution in [0.2, 0.25) is 0 Å². The van der Waals surface area contributed by atoms with Gasteiger partial charge in [-0.1, -0.05) is 24.3 Å². The summed E-state index contributed by atoms with van der Waals surface area (Å²) < 4.78 is 0. The molecule has 0 bridgehead atoms. The largest absolute Gasteiger partial charge is 0.481 e. The average molecular weight is 259 g/mol. The molecule has 2 aliphatic rings. The van der Waals surface area contributed by atoms with Gasteiger partial charge in [-0.2, -0.15) is 0 Å². The summed E-state index contributed by atoms with van der Waals surface area (Å²) in [7, 11) is 0. The number of piperidine rings is 1. The van der Waals surface area contributed by atoms with E-state index >= 15 is 0 Å². The van der Waals surface area contributed by atoms with Crippen LogP contribution in [0.15, 0.2) is 24.3 Å². The Morgan fingerprint density at radius 1 is 1.32 bits per heavy atom. The molecule has 1 fully saturated rings. The maximum atomic E-state index is 11.4. The Morgan fingerprint density at radius 3 is 2.53 bits per heavy atom. The molecule has 1 aromatic carbocycles. The number of hydrogen-bond donors (Lipinski definition) is 1. The van der Waals surface area contributed by atoms with Crippen molar-refractivity contribution in [1.29, 1.82) is 0 Å². The molecule has 1 heterocycles. The van der Waals surface area contributed by atoms with Gasteiger partial charge in [-0.15, -0.1) is 0 Å². The highest BCUT2D eigenvalue weighted by Gasteiger charge is 2.40. The van der Waals surface area contributed by atoms with Gasteiger partial charge in [-0.05, 0) is 50.3 Å². The molecule has 1 atom stereocenters. The van der Waals surface area contributed by atoms with Crippen molar-refractivity contribution in [2.24, 2.45) is 5.41 Å². The predicted molar refractivity (Wildman–Crippen MR) is 74.2 cm³/mol. The summed E-state index contributed by atoms with van der Waals surface area (Å²) in [5.41, 5.74) is 2.32. The summed E-state index contributed by atoms with van der Waals surface area (Å²) >= 11 is 0. The van der Waals surface area contributed by atoms with Crippen molar-refractivity contribution in [2.75, 3.05) is 13.1 Å². The van der Waals surface area contributed by atoms with Gasteiger partial charge in [-0.3, -0.25) is 9.69 Å². The van der Waals surface area contributed by atoms with Crippen LogP contribution in [0.1, 0.15) is 30.9 Å². The average Bonchev–Trinajstić information content (AvgIpc) is 2.82. The summed E-state index contributed by atoms with van der Waals surface area (Å²) in [6.07, 6.45) is 3.95. The Kier molecular flexibility index (Phi) is 3.09. The Labute approximate surface area is 114 Å². The van der Waals surface area contributed by atoms with Gasteiger partial charge in [-0.25, -0.2) is 0 Å². The van der Waals surface area contributed by atoms with Crippen LogP contribution >= 0.6 is 0 Å². The lowest BCUT2D eigenvalue weighted by Crippen LogP contribution is -2.50. The third-order valence-electron chi connectivity index (χ3n) is 4.79. The predicted octanol–water partition coefficient (Wildman–Crippen LogP) is 2.34. The van der Waals surface area contributed by atoms with E-state index in [0.29, 0.717) is 12.6 Å². The van der Waals surface area contributed by atoms with Gasteiger partial charge in [0, 0.05) is 12.6 Å². The van der Waals surface area contributed by atoms with E-state index in [1.165, 1.54) is 11.1 Å². The monoisotopic (exact) mass is 259 g/mol. The van der Waals surface area contributed by atoms with Crippen molar-refractivity contribution in [3.05, 3.63) is 35.4 Å². The van der Waals surface area contributed by atoms with Gasteiger partial charge in [0.15, 0.2) is 0 Å². The fraction of sp³-hybridized carbons (Fsp3) is 0.562. The van der Waals surface area contributed by atoms with E-state index in [1.807, 2.05) is 6.92 Å². The normalized spacial score (nSPS) is 28.3. The molecule has 1 aliphatic heterocycles. The van der Waals surface area contributed by atoms with Crippen LogP contribution in [0, 0.1) is 5.41 Å². The minimum atomic E-state index is -0.646. The molecule has 0 amide bonds. The molecule has 0 spiro atoms. The molecule has 1 N–H and O–H groups in total. The minimum Gasteiger partial charge on any atom is -0.481 e. The number of aliphatic carboxylic acids is 1. The molecule has 0 aromatic heterocycles. The van der Waals surface area contributed by atoms with Gasteiger partial charge < -0.3 is 5.11 Å². The van der Waals surface area contributed by atoms with Crippen LogP contribution in [0.3, 0.4) is 0 Å². The van der Waals surface area contributed by atoms with E-state index in [4.69, 9.17) is 0 Å². The van der Waals surface area contributed by atoms with E-state index < -0.39 is 11.4 Å². The second kappa shape index (κ2) is 4.64. The Morgan fingerprint density at radius 2 is 1.95 bits per heavy atom. The molecule has 1 aliphatic carbocycles. The quantitative estimate of drug-likeness (QED) is 0.886. The first kappa shape index (κ1) is 12.7. The summed E-state index contributed by atoms with van der Waals surface area (Å²) in [5.74, 6) is -0.646. The van der Waals surface area contributed by atoms with E-state index in [0.717, 1.165) is 32.2 Å². The summed E-state index contributed by atoms with van der Waals surface area (Å²) in [4.78, 5) is 13.8. The maximum absolute atomic E-state index is 11.4. The fourth-order valence-corrected chi connectivity index (χ4v) is 3.56. The first-order valence-corrected chi connectivity index (χ1v) is 7.13. The number of fused-ring (bicyclic) bond motifs is 1. The number of rotatable bonds is 2. The van der Waals surface area contributed by atoms with Crippen molar-refractivity contribution in [2.45, 2.75) is 38.6 Å². The number of carboxylic acids is 1. The SMILES string of the molecule is CC1(C(=O)O)CCCN(C2Cc3ccccc3C2)C1. The Balaban J connectivity index is 1.73. The third-order valence-corrected chi connectivity index (χ3v) is 4.79. The molecular weight excluding hydrogens is 238 g/mol. The molecule has 1 aromatic rings. The highest BCUT2D eigenvalue weighted by Crippen LogP contribution is 2.34. The van der Waals surface area contributed by atoms with Gasteiger partial charge in [0.2, 0.25) is 0 Å². The summed E-state index contributed by atoms with van der Waals surface area (Å²) in [6.45, 7) is 3.63. The minimum absolute atomic E-state index is 0.497. The maximum Gasteiger partial charge on any atom is 0.310 e. The van der Waals surface area contributed by atoms with Crippen molar-refractivity contribution in [3.8, 4) is 0 Å². The highest BCUT2D eigenvalue weighted by atomic mass is 16.4. The molecule has 0 saturated carbocycles. The molecular formula is C16H21NO2. The molecule has 1 unspecified atom stereocenters. The van der Waals surface area contributed by atoms with Crippen LogP contribution in [0.25, 0.3) is 0 Å². The van der Waals surface area contributed by atoms with Gasteiger partial charge >= 0.3 is 5.97 Å². The molecule has 3 nitrogen and oxygen atoms in total. The van der Waals surface area contributed by atoms with Crippen LogP contribution in [-0.2, 0) is 17.6 Å². The van der Waals surface area contributed by atoms with Crippen molar-refractivity contribution in [1.82, 2.24) is 4.90 Å². The van der Waals surface area contributed by atoms with Gasteiger partial charge in [0.1, 0.15) is 0 Å². The molecule has 3 heteroatoms. The number of carboxylic acid groups (broad SMARTS) is 1. The Hall–Kier alpha value is -1.35. The standard InChI is InChI=1S/C16H21NO2/c1-16(15(18)19)7-4-8-17(11-16)14-9-12-5-2-3-6-13(12)10-14/h2-3,5-6,14H,4,7-11H2,1H3,(H,18,19). The van der Waals surface area contributed by atoms with Gasteiger partial charge in [0.05, 0.1) is 5.41 Å². The van der Waals surface area contributed by atoms with Crippen LogP contribution < -0.4 is 0 Å². The third kappa shape index (κ3) is 2.27. The second-order valence-electron chi connectivity index (χ2n) is 6.27. The summed E-state index contributed by atoms with van der Waals surface area (Å²) in [5, 5.41) is 9.40. The molecule has 3 rings (SSSR count). The van der Waals surface area contributed by atoms with E-state index in [2.05, 4.69) is 29.2 Å². The van der Waals surface area contributed by atoms with E-state index in [-0.39, 0.29) is 0 Å². The lowest BCUT2D eigenvalue weighted by molar-refractivity contribution is -0.151. The van der Waals surface area contributed by atoms with Crippen molar-refractivity contribution >= 4 is 5.97 Å². The fourth-order valence-electron chi connectivity index (χ4n) is 3.56. The van der Waals surface area contributed by atoms with Crippen molar-refractivity contribution in [3.63, 3.8) is 0 Å². The molecule has 0 radical (unpaired) electrons. The van der Waals surface area contributed by atoms with E-state index in [1.54, 1.807) is 0 Å². The lowest BCUT2D eigenvalue weighted by Gasteiger charge is -2.40. The first-order chi connectivity index (χ1) is 9.08. The smallest absolute Gasteiger partial charge is 0.310 e. The zero-order valence-electron chi connectivity index (χ0n) is 11.4. The molecule has 102 valence electrons. The first-order valence-electron chi connectivity index (χ1n) is 7.13. The van der Waals surface area contributed by atoms with Gasteiger partial charge in [0.25, 0.3) is 0 Å². The number of benzene rings is 1. The highest BCUT2D eigenvalue weighted by molar-refractivity contribution is 5.74. The van der Waals surface area contributed by atoms with E-state index in [9.17, 15) is 9.90 Å². The lowest BCUT2D eigenvalue weighted by atomic mass is 9.81. The molecule has 1 saturated heterocycles. The number of hydrogen-bond acceptors (Lipinski definition) is 2. The Bertz CT molecular complexity index is 474. The molecule has 19 heavy (non-hydrogen) atoms. The zero-order chi connectivity index (χ0) is 13.5.